The molecule has 5 heteroatoms. The van der Waals surface area contributed by atoms with E-state index in [2.05, 4.69) is 65.5 Å². The van der Waals surface area contributed by atoms with Gasteiger partial charge in [0.05, 0.1) is 6.54 Å². The molecule has 0 saturated heterocycles. The molecule has 4 nitrogen and oxygen atoms in total. The molecule has 0 spiro atoms. The normalized spacial score (nSPS) is 11.3. The smallest absolute Gasteiger partial charge is 0.239 e. The molecule has 0 heterocycles. The van der Waals surface area contributed by atoms with Gasteiger partial charge in [0.15, 0.2) is 0 Å². The lowest BCUT2D eigenvalue weighted by molar-refractivity contribution is -0.119. The van der Waals surface area contributed by atoms with E-state index in [1.165, 1.54) is 5.56 Å². The zero-order valence-electron chi connectivity index (χ0n) is 13.6. The average molecular weight is 356 g/mol. The Hall–Kier alpha value is -1.07. The van der Waals surface area contributed by atoms with Crippen molar-refractivity contribution in [3.05, 3.63) is 28.2 Å². The third-order valence-corrected chi connectivity index (χ3v) is 3.94. The third kappa shape index (κ3) is 6.06. The largest absolute Gasteiger partial charge is 0.362 e. The number of nitrogens with zero attached hydrogens (tertiary/aromatic N) is 1. The SMILES string of the molecule is CCN(CC(=O)NC)c1ccc(CNC(C)(C)C)c(Br)c1. The minimum atomic E-state index is 0.0199. The molecule has 0 bridgehead atoms. The minimum absolute atomic E-state index is 0.0199. The van der Waals surface area contributed by atoms with Gasteiger partial charge in [-0.1, -0.05) is 22.0 Å². The van der Waals surface area contributed by atoms with E-state index in [4.69, 9.17) is 0 Å². The number of hydrogen-bond acceptors (Lipinski definition) is 3. The maximum Gasteiger partial charge on any atom is 0.239 e. The van der Waals surface area contributed by atoms with Gasteiger partial charge in [0, 0.05) is 35.8 Å². The van der Waals surface area contributed by atoms with Gasteiger partial charge in [-0.25, -0.2) is 0 Å². The number of carbonyl (C=O) groups is 1. The number of carbonyl (C=O) groups excluding carboxylic acids is 1. The summed E-state index contributed by atoms with van der Waals surface area (Å²) in [6.07, 6.45) is 0. The van der Waals surface area contributed by atoms with Crippen molar-refractivity contribution in [2.24, 2.45) is 0 Å². The van der Waals surface area contributed by atoms with Gasteiger partial charge in [-0.3, -0.25) is 4.79 Å². The van der Waals surface area contributed by atoms with Crippen LogP contribution in [0.3, 0.4) is 0 Å². The van der Waals surface area contributed by atoms with Crippen LogP contribution in [0.15, 0.2) is 22.7 Å². The number of hydrogen-bond donors (Lipinski definition) is 2. The van der Waals surface area contributed by atoms with E-state index in [1.807, 2.05) is 11.8 Å². The molecule has 0 saturated carbocycles. The lowest BCUT2D eigenvalue weighted by Gasteiger charge is -2.24. The number of halogens is 1. The topological polar surface area (TPSA) is 44.4 Å². The predicted molar refractivity (Wildman–Crippen MR) is 92.7 cm³/mol. The van der Waals surface area contributed by atoms with Gasteiger partial charge in [-0.05, 0) is 45.4 Å². The van der Waals surface area contributed by atoms with Crippen LogP contribution in [-0.4, -0.2) is 31.6 Å². The van der Waals surface area contributed by atoms with E-state index in [-0.39, 0.29) is 11.4 Å². The van der Waals surface area contributed by atoms with Crippen molar-refractivity contribution < 1.29 is 4.79 Å². The quantitative estimate of drug-likeness (QED) is 0.824. The van der Waals surface area contributed by atoms with E-state index in [0.717, 1.165) is 23.2 Å². The number of amides is 1. The molecule has 1 aromatic rings. The first-order valence-corrected chi connectivity index (χ1v) is 8.05. The van der Waals surface area contributed by atoms with Crippen LogP contribution < -0.4 is 15.5 Å². The van der Waals surface area contributed by atoms with E-state index < -0.39 is 0 Å². The minimum Gasteiger partial charge on any atom is -0.362 e. The van der Waals surface area contributed by atoms with Crippen molar-refractivity contribution in [1.82, 2.24) is 10.6 Å². The molecule has 118 valence electrons. The Labute approximate surface area is 136 Å². The van der Waals surface area contributed by atoms with Gasteiger partial charge in [-0.2, -0.15) is 0 Å². The Kier molecular flexibility index (Phi) is 6.68. The number of nitrogens with one attached hydrogen (secondary N) is 2. The molecule has 0 aliphatic carbocycles. The van der Waals surface area contributed by atoms with Gasteiger partial charge < -0.3 is 15.5 Å². The van der Waals surface area contributed by atoms with Crippen molar-refractivity contribution in [3.63, 3.8) is 0 Å². The first kappa shape index (κ1) is 18.0. The van der Waals surface area contributed by atoms with Gasteiger partial charge in [0.2, 0.25) is 5.91 Å². The molecule has 1 amide bonds. The number of benzene rings is 1. The second-order valence-corrected chi connectivity index (χ2v) is 6.92. The molecule has 0 radical (unpaired) electrons. The molecule has 21 heavy (non-hydrogen) atoms. The van der Waals surface area contributed by atoms with Crippen LogP contribution in [0.4, 0.5) is 5.69 Å². The first-order valence-electron chi connectivity index (χ1n) is 7.25. The molecule has 0 fully saturated rings. The van der Waals surface area contributed by atoms with E-state index in [0.29, 0.717) is 6.54 Å². The predicted octanol–water partition coefficient (Wildman–Crippen LogP) is 2.91. The van der Waals surface area contributed by atoms with E-state index >= 15 is 0 Å². The highest BCUT2D eigenvalue weighted by Gasteiger charge is 2.12. The zero-order valence-corrected chi connectivity index (χ0v) is 15.2. The Balaban J connectivity index is 2.82. The molecular weight excluding hydrogens is 330 g/mol. The molecule has 0 aromatic heterocycles. The molecular formula is C16H26BrN3O. The lowest BCUT2D eigenvalue weighted by Crippen LogP contribution is -2.36. The van der Waals surface area contributed by atoms with Crippen LogP contribution >= 0.6 is 15.9 Å². The molecule has 0 atom stereocenters. The van der Waals surface area contributed by atoms with Gasteiger partial charge >= 0.3 is 0 Å². The zero-order chi connectivity index (χ0) is 16.0. The molecule has 1 aromatic carbocycles. The van der Waals surface area contributed by atoms with Crippen LogP contribution in [0, 0.1) is 0 Å². The van der Waals surface area contributed by atoms with Crippen LogP contribution in [0.25, 0.3) is 0 Å². The second kappa shape index (κ2) is 7.80. The summed E-state index contributed by atoms with van der Waals surface area (Å²) in [6, 6.07) is 6.24. The standard InChI is InChI=1S/C16H26BrN3O/c1-6-20(11-15(21)18-5)13-8-7-12(14(17)9-13)10-19-16(2,3)4/h7-9,19H,6,10-11H2,1-5H3,(H,18,21). The number of rotatable bonds is 6. The average Bonchev–Trinajstić information content (AvgIpc) is 2.42. The fourth-order valence-electron chi connectivity index (χ4n) is 1.87. The fourth-order valence-corrected chi connectivity index (χ4v) is 2.38. The van der Waals surface area contributed by atoms with Crippen molar-refractivity contribution >= 4 is 27.5 Å². The molecule has 0 unspecified atom stereocenters. The summed E-state index contributed by atoms with van der Waals surface area (Å²) in [4.78, 5) is 13.6. The summed E-state index contributed by atoms with van der Waals surface area (Å²) >= 11 is 3.63. The lowest BCUT2D eigenvalue weighted by atomic mass is 10.1. The maximum absolute atomic E-state index is 11.5. The van der Waals surface area contributed by atoms with Crippen molar-refractivity contribution in [2.45, 2.75) is 39.8 Å². The van der Waals surface area contributed by atoms with Crippen LogP contribution in [0.1, 0.15) is 33.3 Å². The summed E-state index contributed by atoms with van der Waals surface area (Å²) in [5.74, 6) is 0.0199. The van der Waals surface area contributed by atoms with Crippen LogP contribution in [-0.2, 0) is 11.3 Å². The van der Waals surface area contributed by atoms with Gasteiger partial charge in [0.1, 0.15) is 0 Å². The summed E-state index contributed by atoms with van der Waals surface area (Å²) in [5.41, 5.74) is 2.35. The Morgan fingerprint density at radius 2 is 2.00 bits per heavy atom. The highest BCUT2D eigenvalue weighted by Crippen LogP contribution is 2.24. The van der Waals surface area contributed by atoms with Crippen molar-refractivity contribution in [1.29, 1.82) is 0 Å². The molecule has 2 N–H and O–H groups in total. The number of likely N-dealkylation sites (N-methyl/N-ethyl adjacent to an activating group) is 2. The number of anilines is 1. The Morgan fingerprint density at radius 1 is 1.33 bits per heavy atom. The molecule has 1 rings (SSSR count). The summed E-state index contributed by atoms with van der Waals surface area (Å²) < 4.78 is 1.06. The third-order valence-electron chi connectivity index (χ3n) is 3.21. The molecule has 0 aliphatic rings. The second-order valence-electron chi connectivity index (χ2n) is 6.07. The van der Waals surface area contributed by atoms with E-state index in [1.54, 1.807) is 7.05 Å². The molecule has 0 aliphatic heterocycles. The van der Waals surface area contributed by atoms with Crippen LogP contribution in [0.2, 0.25) is 0 Å². The highest BCUT2D eigenvalue weighted by molar-refractivity contribution is 9.10. The summed E-state index contributed by atoms with van der Waals surface area (Å²) in [6.45, 7) is 10.5. The monoisotopic (exact) mass is 355 g/mol. The van der Waals surface area contributed by atoms with Crippen molar-refractivity contribution in [2.75, 3.05) is 25.0 Å². The van der Waals surface area contributed by atoms with E-state index in [9.17, 15) is 4.79 Å². The van der Waals surface area contributed by atoms with Crippen molar-refractivity contribution in [3.8, 4) is 0 Å². The Bertz CT molecular complexity index is 483. The highest BCUT2D eigenvalue weighted by atomic mass is 79.9. The maximum atomic E-state index is 11.5. The first-order chi connectivity index (χ1) is 9.76. The van der Waals surface area contributed by atoms with Gasteiger partial charge in [-0.15, -0.1) is 0 Å². The van der Waals surface area contributed by atoms with Crippen LogP contribution in [0.5, 0.6) is 0 Å². The summed E-state index contributed by atoms with van der Waals surface area (Å²) in [7, 11) is 1.66. The Morgan fingerprint density at radius 3 is 2.48 bits per heavy atom. The summed E-state index contributed by atoms with van der Waals surface area (Å²) in [5, 5.41) is 6.14. The fraction of sp³-hybridized carbons (Fsp3) is 0.562. The van der Waals surface area contributed by atoms with Gasteiger partial charge in [0.25, 0.3) is 0 Å².